The highest BCUT2D eigenvalue weighted by Gasteiger charge is 2.49. The second-order valence-electron chi connectivity index (χ2n) is 2.36. The van der Waals surface area contributed by atoms with Gasteiger partial charge < -0.3 is 15.3 Å². The zero-order valence-corrected chi connectivity index (χ0v) is 5.36. The largest absolute Gasteiger partial charge is 0.395 e. The Morgan fingerprint density at radius 3 is 1.50 bits per heavy atom. The minimum Gasteiger partial charge on any atom is -0.395 e. The van der Waals surface area contributed by atoms with E-state index < -0.39 is 11.7 Å². The summed E-state index contributed by atoms with van der Waals surface area (Å²) in [4.78, 5) is 8.73. The Kier molecular flexibility index (Phi) is 2.22. The second kappa shape index (κ2) is 2.81. The minimum atomic E-state index is -1.04. The highest BCUT2D eigenvalue weighted by Crippen LogP contribution is 2.33. The van der Waals surface area contributed by atoms with E-state index in [0.717, 1.165) is 0 Å². The third-order valence-electron chi connectivity index (χ3n) is 1.64. The molecule has 0 aromatic heterocycles. The standard InChI is InChI=1S/C5H10O5/c6-1-5(2-7,3-8)4-9-10-4/h4,6-8H,1-3H2. The Balaban J connectivity index is 2.52. The fourth-order valence-corrected chi connectivity index (χ4v) is 0.606. The number of aliphatic hydroxyl groups is 3. The van der Waals surface area contributed by atoms with Crippen LogP contribution in [-0.2, 0) is 9.78 Å². The smallest absolute Gasteiger partial charge is 0.236 e. The number of hydrogen-bond acceptors (Lipinski definition) is 5. The molecule has 1 saturated heterocycles. The normalized spacial score (nSPS) is 19.5. The van der Waals surface area contributed by atoms with Gasteiger partial charge in [-0.25, -0.2) is 0 Å². The van der Waals surface area contributed by atoms with Crippen molar-refractivity contribution in [1.29, 1.82) is 0 Å². The molecule has 0 amide bonds. The van der Waals surface area contributed by atoms with Crippen LogP contribution in [0, 0.1) is 5.41 Å². The van der Waals surface area contributed by atoms with Crippen molar-refractivity contribution in [3.63, 3.8) is 0 Å². The van der Waals surface area contributed by atoms with Crippen LogP contribution < -0.4 is 0 Å². The second-order valence-corrected chi connectivity index (χ2v) is 2.36. The molecule has 5 nitrogen and oxygen atoms in total. The quantitative estimate of drug-likeness (QED) is 0.326. The maximum atomic E-state index is 8.71. The summed E-state index contributed by atoms with van der Waals surface area (Å²) in [6.45, 7) is -1.07. The molecule has 0 bridgehead atoms. The molecule has 1 fully saturated rings. The Hall–Kier alpha value is -0.200. The molecule has 0 atom stereocenters. The molecule has 0 unspecified atom stereocenters. The fourth-order valence-electron chi connectivity index (χ4n) is 0.606. The summed E-state index contributed by atoms with van der Waals surface area (Å²) >= 11 is 0. The Morgan fingerprint density at radius 2 is 1.40 bits per heavy atom. The molecular formula is C5H10O5. The topological polar surface area (TPSA) is 85.8 Å². The van der Waals surface area contributed by atoms with Crippen molar-refractivity contribution in [3.05, 3.63) is 0 Å². The van der Waals surface area contributed by atoms with Crippen LogP contribution in [0.5, 0.6) is 0 Å². The van der Waals surface area contributed by atoms with Gasteiger partial charge in [-0.15, -0.1) is 0 Å². The molecule has 1 aliphatic rings. The Bertz CT molecular complexity index is 98.3. The fraction of sp³-hybridized carbons (Fsp3) is 1.00. The van der Waals surface area contributed by atoms with Crippen LogP contribution >= 0.6 is 0 Å². The summed E-state index contributed by atoms with van der Waals surface area (Å²) < 4.78 is 0. The molecule has 0 aliphatic carbocycles. The first-order chi connectivity index (χ1) is 4.79. The van der Waals surface area contributed by atoms with Crippen molar-refractivity contribution in [1.82, 2.24) is 0 Å². The van der Waals surface area contributed by atoms with Crippen molar-refractivity contribution in [3.8, 4) is 0 Å². The molecule has 3 N–H and O–H groups in total. The first-order valence-corrected chi connectivity index (χ1v) is 2.94. The van der Waals surface area contributed by atoms with E-state index in [1.165, 1.54) is 0 Å². The van der Waals surface area contributed by atoms with E-state index in [4.69, 9.17) is 15.3 Å². The molecule has 1 aliphatic heterocycles. The Morgan fingerprint density at radius 1 is 1.00 bits per heavy atom. The first-order valence-electron chi connectivity index (χ1n) is 2.94. The lowest BCUT2D eigenvalue weighted by atomic mass is 9.91. The van der Waals surface area contributed by atoms with Crippen molar-refractivity contribution in [2.75, 3.05) is 19.8 Å². The average molecular weight is 150 g/mol. The SMILES string of the molecule is OCC(CO)(CO)C1OO1. The third-order valence-corrected chi connectivity index (χ3v) is 1.64. The van der Waals surface area contributed by atoms with Crippen molar-refractivity contribution in [2.24, 2.45) is 5.41 Å². The van der Waals surface area contributed by atoms with Gasteiger partial charge in [0.1, 0.15) is 0 Å². The molecule has 10 heavy (non-hydrogen) atoms. The maximum Gasteiger partial charge on any atom is 0.236 e. The first kappa shape index (κ1) is 7.90. The predicted molar refractivity (Wildman–Crippen MR) is 29.6 cm³/mol. The number of hydrogen-bond donors (Lipinski definition) is 3. The molecule has 60 valence electrons. The summed E-state index contributed by atoms with van der Waals surface area (Å²) in [6.07, 6.45) is -0.660. The van der Waals surface area contributed by atoms with Crippen LogP contribution in [0.15, 0.2) is 0 Å². The Labute approximate surface area is 57.7 Å². The van der Waals surface area contributed by atoms with Crippen molar-refractivity contribution < 1.29 is 25.1 Å². The lowest BCUT2D eigenvalue weighted by Gasteiger charge is -2.21. The lowest BCUT2D eigenvalue weighted by molar-refractivity contribution is -0.0168. The minimum absolute atomic E-state index is 0.356. The molecule has 0 spiro atoms. The highest BCUT2D eigenvalue weighted by molar-refractivity contribution is 4.82. The van der Waals surface area contributed by atoms with Gasteiger partial charge in [-0.3, -0.25) is 0 Å². The van der Waals surface area contributed by atoms with Crippen LogP contribution in [0.25, 0.3) is 0 Å². The zero-order valence-electron chi connectivity index (χ0n) is 5.36. The molecule has 5 heteroatoms. The van der Waals surface area contributed by atoms with E-state index in [2.05, 4.69) is 9.78 Å². The maximum absolute atomic E-state index is 8.71. The summed E-state index contributed by atoms with van der Waals surface area (Å²) in [5.74, 6) is 0. The van der Waals surface area contributed by atoms with Gasteiger partial charge in [0, 0.05) is 0 Å². The van der Waals surface area contributed by atoms with Crippen LogP contribution in [-0.4, -0.2) is 41.4 Å². The van der Waals surface area contributed by atoms with Gasteiger partial charge in [0.2, 0.25) is 6.29 Å². The molecular weight excluding hydrogens is 140 g/mol. The van der Waals surface area contributed by atoms with E-state index in [0.29, 0.717) is 0 Å². The van der Waals surface area contributed by atoms with Gasteiger partial charge in [-0.2, -0.15) is 9.78 Å². The number of aliphatic hydroxyl groups excluding tert-OH is 3. The van der Waals surface area contributed by atoms with Crippen LogP contribution in [0.4, 0.5) is 0 Å². The molecule has 1 rings (SSSR count). The van der Waals surface area contributed by atoms with Crippen molar-refractivity contribution in [2.45, 2.75) is 6.29 Å². The van der Waals surface area contributed by atoms with Gasteiger partial charge >= 0.3 is 0 Å². The van der Waals surface area contributed by atoms with E-state index >= 15 is 0 Å². The molecule has 0 radical (unpaired) electrons. The predicted octanol–water partition coefficient (Wildman–Crippen LogP) is -1.76. The average Bonchev–Trinajstić information content (AvgIpc) is 2.77. The summed E-state index contributed by atoms with van der Waals surface area (Å²) in [6, 6.07) is 0. The molecule has 1 heterocycles. The van der Waals surface area contributed by atoms with Crippen LogP contribution in [0.2, 0.25) is 0 Å². The van der Waals surface area contributed by atoms with Gasteiger partial charge in [-0.05, 0) is 0 Å². The van der Waals surface area contributed by atoms with E-state index in [1.807, 2.05) is 0 Å². The molecule has 0 aromatic carbocycles. The highest BCUT2D eigenvalue weighted by atomic mass is 17.4. The molecule has 0 aromatic rings. The number of rotatable bonds is 4. The van der Waals surface area contributed by atoms with Crippen molar-refractivity contribution >= 4 is 0 Å². The van der Waals surface area contributed by atoms with Gasteiger partial charge in [-0.1, -0.05) is 0 Å². The van der Waals surface area contributed by atoms with Gasteiger partial charge in [0.25, 0.3) is 0 Å². The van der Waals surface area contributed by atoms with Gasteiger partial charge in [0.15, 0.2) is 0 Å². The van der Waals surface area contributed by atoms with E-state index in [-0.39, 0.29) is 19.8 Å². The van der Waals surface area contributed by atoms with Crippen LogP contribution in [0.1, 0.15) is 0 Å². The van der Waals surface area contributed by atoms with E-state index in [1.54, 1.807) is 0 Å². The van der Waals surface area contributed by atoms with Crippen LogP contribution in [0.3, 0.4) is 0 Å². The monoisotopic (exact) mass is 150 g/mol. The summed E-state index contributed by atoms with van der Waals surface area (Å²) in [7, 11) is 0. The summed E-state index contributed by atoms with van der Waals surface area (Å²) in [5, 5.41) is 26.1. The lowest BCUT2D eigenvalue weighted by Crippen LogP contribution is -2.39. The third kappa shape index (κ3) is 1.14. The van der Waals surface area contributed by atoms with Gasteiger partial charge in [0.05, 0.1) is 25.2 Å². The summed E-state index contributed by atoms with van der Waals surface area (Å²) in [5.41, 5.74) is -1.04. The zero-order chi connectivity index (χ0) is 7.61. The molecule has 0 saturated carbocycles. The van der Waals surface area contributed by atoms with E-state index in [9.17, 15) is 0 Å².